The molecular weight excluding hydrogens is 196 g/mol. The summed E-state index contributed by atoms with van der Waals surface area (Å²) in [5.41, 5.74) is 1.74. The first-order valence-electron chi connectivity index (χ1n) is 6.09. The third kappa shape index (κ3) is 2.36. The number of nitrogens with zero attached hydrogens (tertiary/aromatic N) is 1. The fraction of sp³-hybridized carbons (Fsp3) is 0.500. The second-order valence-corrected chi connectivity index (χ2v) is 4.59. The number of nitrogens with one attached hydrogen (secondary N) is 1. The van der Waals surface area contributed by atoms with Gasteiger partial charge in [-0.05, 0) is 37.3 Å². The Morgan fingerprint density at radius 2 is 2.19 bits per heavy atom. The molecule has 0 saturated heterocycles. The zero-order valence-corrected chi connectivity index (χ0v) is 9.74. The first kappa shape index (κ1) is 11.0. The quantitative estimate of drug-likeness (QED) is 0.835. The van der Waals surface area contributed by atoms with Crippen molar-refractivity contribution >= 4 is 5.69 Å². The van der Waals surface area contributed by atoms with Crippen molar-refractivity contribution in [2.45, 2.75) is 38.6 Å². The highest BCUT2D eigenvalue weighted by atomic mass is 14.9. The number of rotatable bonds is 3. The van der Waals surface area contributed by atoms with Gasteiger partial charge in [0, 0.05) is 6.04 Å². The third-order valence-corrected chi connectivity index (χ3v) is 3.53. The second-order valence-electron chi connectivity index (χ2n) is 4.59. The molecule has 0 bridgehead atoms. The predicted octanol–water partition coefficient (Wildman–Crippen LogP) is 3.55. The SMILES string of the molecule is CCC1CCC(Nc2ccccc2C#N)C1. The minimum absolute atomic E-state index is 0.555. The number of anilines is 1. The van der Waals surface area contributed by atoms with Gasteiger partial charge in [-0.15, -0.1) is 0 Å². The monoisotopic (exact) mass is 214 g/mol. The van der Waals surface area contributed by atoms with Gasteiger partial charge >= 0.3 is 0 Å². The average Bonchev–Trinajstić information content (AvgIpc) is 2.77. The van der Waals surface area contributed by atoms with Crippen molar-refractivity contribution in [3.8, 4) is 6.07 Å². The minimum atomic E-state index is 0.555. The molecule has 2 nitrogen and oxygen atoms in total. The van der Waals surface area contributed by atoms with Crippen molar-refractivity contribution in [1.29, 1.82) is 5.26 Å². The highest BCUT2D eigenvalue weighted by Gasteiger charge is 2.23. The van der Waals surface area contributed by atoms with E-state index < -0.39 is 0 Å². The smallest absolute Gasteiger partial charge is 0.101 e. The summed E-state index contributed by atoms with van der Waals surface area (Å²) in [4.78, 5) is 0. The lowest BCUT2D eigenvalue weighted by Crippen LogP contribution is -2.16. The summed E-state index contributed by atoms with van der Waals surface area (Å²) in [5, 5.41) is 12.5. The van der Waals surface area contributed by atoms with Gasteiger partial charge in [-0.1, -0.05) is 25.5 Å². The van der Waals surface area contributed by atoms with Gasteiger partial charge in [0.2, 0.25) is 0 Å². The van der Waals surface area contributed by atoms with E-state index in [4.69, 9.17) is 5.26 Å². The van der Waals surface area contributed by atoms with Crippen LogP contribution in [0.2, 0.25) is 0 Å². The highest BCUT2D eigenvalue weighted by Crippen LogP contribution is 2.30. The van der Waals surface area contributed by atoms with Crippen LogP contribution >= 0.6 is 0 Å². The van der Waals surface area contributed by atoms with E-state index in [1.165, 1.54) is 25.7 Å². The molecule has 1 aliphatic rings. The van der Waals surface area contributed by atoms with Gasteiger partial charge in [0.05, 0.1) is 11.3 Å². The molecule has 0 amide bonds. The van der Waals surface area contributed by atoms with Crippen LogP contribution in [0, 0.1) is 17.2 Å². The van der Waals surface area contributed by atoms with Crippen molar-refractivity contribution in [3.05, 3.63) is 29.8 Å². The van der Waals surface area contributed by atoms with Crippen LogP contribution in [0.1, 0.15) is 38.2 Å². The van der Waals surface area contributed by atoms with Gasteiger partial charge in [0.1, 0.15) is 6.07 Å². The lowest BCUT2D eigenvalue weighted by Gasteiger charge is -2.15. The van der Waals surface area contributed by atoms with E-state index in [1.807, 2.05) is 24.3 Å². The van der Waals surface area contributed by atoms with Crippen LogP contribution in [-0.2, 0) is 0 Å². The van der Waals surface area contributed by atoms with E-state index in [0.717, 1.165) is 17.2 Å². The Morgan fingerprint density at radius 1 is 1.38 bits per heavy atom. The maximum absolute atomic E-state index is 9.00. The van der Waals surface area contributed by atoms with Gasteiger partial charge in [0.15, 0.2) is 0 Å². The van der Waals surface area contributed by atoms with Crippen LogP contribution in [0.5, 0.6) is 0 Å². The number of benzene rings is 1. The normalized spacial score (nSPS) is 24.0. The molecule has 84 valence electrons. The Hall–Kier alpha value is -1.49. The molecule has 1 N–H and O–H groups in total. The fourth-order valence-corrected chi connectivity index (χ4v) is 2.50. The van der Waals surface area contributed by atoms with E-state index in [-0.39, 0.29) is 0 Å². The summed E-state index contributed by atoms with van der Waals surface area (Å²) in [6.07, 6.45) is 5.08. The van der Waals surface area contributed by atoms with Crippen LogP contribution in [0.25, 0.3) is 0 Å². The molecule has 0 spiro atoms. The highest BCUT2D eigenvalue weighted by molar-refractivity contribution is 5.57. The molecule has 0 aliphatic heterocycles. The Bertz CT molecular complexity index is 392. The number of hydrogen-bond donors (Lipinski definition) is 1. The Labute approximate surface area is 97.3 Å². The Kier molecular flexibility index (Phi) is 3.46. The van der Waals surface area contributed by atoms with Crippen molar-refractivity contribution in [2.24, 2.45) is 5.92 Å². The summed E-state index contributed by atoms with van der Waals surface area (Å²) in [6, 6.07) is 10.5. The van der Waals surface area contributed by atoms with Gasteiger partial charge < -0.3 is 5.32 Å². The number of para-hydroxylation sites is 1. The van der Waals surface area contributed by atoms with Crippen molar-refractivity contribution in [1.82, 2.24) is 0 Å². The lowest BCUT2D eigenvalue weighted by molar-refractivity contribution is 0.525. The fourth-order valence-electron chi connectivity index (χ4n) is 2.50. The Morgan fingerprint density at radius 3 is 2.88 bits per heavy atom. The molecular formula is C14H18N2. The molecule has 2 unspecified atom stereocenters. The zero-order valence-electron chi connectivity index (χ0n) is 9.74. The molecule has 1 aromatic rings. The van der Waals surface area contributed by atoms with Gasteiger partial charge in [-0.25, -0.2) is 0 Å². The van der Waals surface area contributed by atoms with E-state index in [0.29, 0.717) is 6.04 Å². The predicted molar refractivity (Wildman–Crippen MR) is 66.2 cm³/mol. The molecule has 16 heavy (non-hydrogen) atoms. The molecule has 1 aliphatic carbocycles. The lowest BCUT2D eigenvalue weighted by atomic mass is 10.1. The van der Waals surface area contributed by atoms with Crippen LogP contribution in [-0.4, -0.2) is 6.04 Å². The topological polar surface area (TPSA) is 35.8 Å². The maximum Gasteiger partial charge on any atom is 0.101 e. The summed E-state index contributed by atoms with van der Waals surface area (Å²) in [7, 11) is 0. The van der Waals surface area contributed by atoms with Crippen LogP contribution in [0.15, 0.2) is 24.3 Å². The summed E-state index contributed by atoms with van der Waals surface area (Å²) < 4.78 is 0. The van der Waals surface area contributed by atoms with Gasteiger partial charge in [-0.2, -0.15) is 5.26 Å². The Balaban J connectivity index is 2.02. The standard InChI is InChI=1S/C14H18N2/c1-2-11-7-8-13(9-11)16-14-6-4-3-5-12(14)10-15/h3-6,11,13,16H,2,7-9H2,1H3. The summed E-state index contributed by atoms with van der Waals surface area (Å²) >= 11 is 0. The zero-order chi connectivity index (χ0) is 11.4. The minimum Gasteiger partial charge on any atom is -0.381 e. The van der Waals surface area contributed by atoms with Crippen molar-refractivity contribution < 1.29 is 0 Å². The largest absolute Gasteiger partial charge is 0.381 e. The van der Waals surface area contributed by atoms with Crippen LogP contribution in [0.4, 0.5) is 5.69 Å². The molecule has 1 aromatic carbocycles. The maximum atomic E-state index is 9.00. The summed E-state index contributed by atoms with van der Waals surface area (Å²) in [5.74, 6) is 0.867. The molecule has 0 radical (unpaired) electrons. The molecule has 2 rings (SSSR count). The van der Waals surface area contributed by atoms with E-state index in [9.17, 15) is 0 Å². The number of nitriles is 1. The number of hydrogen-bond acceptors (Lipinski definition) is 2. The summed E-state index contributed by atoms with van der Waals surface area (Å²) in [6.45, 7) is 2.26. The molecule has 2 atom stereocenters. The van der Waals surface area contributed by atoms with Crippen LogP contribution in [0.3, 0.4) is 0 Å². The average molecular weight is 214 g/mol. The molecule has 1 fully saturated rings. The van der Waals surface area contributed by atoms with Gasteiger partial charge in [0.25, 0.3) is 0 Å². The van der Waals surface area contributed by atoms with Crippen LogP contribution < -0.4 is 5.32 Å². The first-order valence-corrected chi connectivity index (χ1v) is 6.09. The van der Waals surface area contributed by atoms with Crippen molar-refractivity contribution in [3.63, 3.8) is 0 Å². The van der Waals surface area contributed by atoms with E-state index >= 15 is 0 Å². The second kappa shape index (κ2) is 5.03. The molecule has 2 heteroatoms. The first-order chi connectivity index (χ1) is 7.83. The molecule has 1 saturated carbocycles. The van der Waals surface area contributed by atoms with E-state index in [2.05, 4.69) is 18.3 Å². The third-order valence-electron chi connectivity index (χ3n) is 3.53. The molecule has 0 aromatic heterocycles. The van der Waals surface area contributed by atoms with Gasteiger partial charge in [-0.3, -0.25) is 0 Å². The molecule has 0 heterocycles. The van der Waals surface area contributed by atoms with Crippen molar-refractivity contribution in [2.75, 3.05) is 5.32 Å². The van der Waals surface area contributed by atoms with E-state index in [1.54, 1.807) is 0 Å².